The number of hydrogen-bond donors (Lipinski definition) is 2. The highest BCUT2D eigenvalue weighted by molar-refractivity contribution is 5.79. The number of nitrogens with one attached hydrogen (secondary N) is 2. The highest BCUT2D eigenvalue weighted by atomic mass is 15.2. The van der Waals surface area contributed by atoms with Crippen molar-refractivity contribution in [2.75, 3.05) is 20.6 Å². The minimum Gasteiger partial charge on any atom is -0.359 e. The summed E-state index contributed by atoms with van der Waals surface area (Å²) < 4.78 is 0. The molecule has 0 aromatic heterocycles. The number of benzene rings is 1. The number of rotatable bonds is 4. The second-order valence-corrected chi connectivity index (χ2v) is 5.19. The molecule has 0 aliphatic heterocycles. The highest BCUT2D eigenvalue weighted by Crippen LogP contribution is 2.43. The molecule has 18 heavy (non-hydrogen) atoms. The van der Waals surface area contributed by atoms with E-state index < -0.39 is 0 Å². The van der Waals surface area contributed by atoms with Crippen molar-refractivity contribution in [1.82, 2.24) is 10.6 Å². The molecule has 0 amide bonds. The van der Waals surface area contributed by atoms with E-state index in [0.717, 1.165) is 12.5 Å². The van der Waals surface area contributed by atoms with Gasteiger partial charge in [0.2, 0.25) is 0 Å². The monoisotopic (exact) mass is 245 g/mol. The molecular weight excluding hydrogens is 222 g/mol. The normalized spacial score (nSPS) is 18.0. The van der Waals surface area contributed by atoms with Gasteiger partial charge in [0.05, 0.1) is 0 Å². The minimum absolute atomic E-state index is 0.425. The fourth-order valence-electron chi connectivity index (χ4n) is 2.67. The van der Waals surface area contributed by atoms with Crippen LogP contribution in [0.4, 0.5) is 0 Å². The average molecular weight is 245 g/mol. The zero-order chi connectivity index (χ0) is 12.8. The molecular formula is C15H23N3. The standard InChI is InChI=1S/C15H23N3/c1-16-14(17-2)18-12-15(9-6-10-15)11-13-7-4-3-5-8-13/h3-5,7-8H,6,9-12H2,1-2H3,(H2,16,17,18). The first kappa shape index (κ1) is 12.9. The van der Waals surface area contributed by atoms with Gasteiger partial charge in [0.25, 0.3) is 0 Å². The molecule has 0 radical (unpaired) electrons. The zero-order valence-corrected chi connectivity index (χ0v) is 11.4. The van der Waals surface area contributed by atoms with Crippen LogP contribution < -0.4 is 10.6 Å². The highest BCUT2D eigenvalue weighted by Gasteiger charge is 2.36. The Bertz CT molecular complexity index is 393. The second-order valence-electron chi connectivity index (χ2n) is 5.19. The molecule has 1 aromatic rings. The fourth-order valence-corrected chi connectivity index (χ4v) is 2.67. The van der Waals surface area contributed by atoms with Crippen LogP contribution in [0.1, 0.15) is 24.8 Å². The summed E-state index contributed by atoms with van der Waals surface area (Å²) in [5.41, 5.74) is 1.87. The van der Waals surface area contributed by atoms with Crippen molar-refractivity contribution in [3.05, 3.63) is 35.9 Å². The van der Waals surface area contributed by atoms with E-state index in [1.807, 2.05) is 14.1 Å². The molecule has 0 bridgehead atoms. The third-order valence-electron chi connectivity index (χ3n) is 3.93. The van der Waals surface area contributed by atoms with Gasteiger partial charge in [0.1, 0.15) is 0 Å². The van der Waals surface area contributed by atoms with Crippen LogP contribution in [0.15, 0.2) is 35.3 Å². The Kier molecular flexibility index (Phi) is 4.24. The zero-order valence-electron chi connectivity index (χ0n) is 11.4. The summed E-state index contributed by atoms with van der Waals surface area (Å²) in [6.07, 6.45) is 5.15. The van der Waals surface area contributed by atoms with Crippen molar-refractivity contribution < 1.29 is 0 Å². The molecule has 98 valence electrons. The number of guanidine groups is 1. The molecule has 1 aliphatic rings. The van der Waals surface area contributed by atoms with E-state index >= 15 is 0 Å². The SMILES string of the molecule is CN=C(NC)NCC1(Cc2ccccc2)CCC1. The van der Waals surface area contributed by atoms with Crippen LogP contribution in [0.25, 0.3) is 0 Å². The summed E-state index contributed by atoms with van der Waals surface area (Å²) in [5.74, 6) is 0.884. The average Bonchev–Trinajstić information content (AvgIpc) is 2.38. The Morgan fingerprint density at radius 1 is 1.28 bits per heavy atom. The quantitative estimate of drug-likeness (QED) is 0.630. The fraction of sp³-hybridized carbons (Fsp3) is 0.533. The first-order chi connectivity index (χ1) is 8.78. The summed E-state index contributed by atoms with van der Waals surface area (Å²) in [5, 5.41) is 6.50. The summed E-state index contributed by atoms with van der Waals surface area (Å²) in [6.45, 7) is 1.01. The van der Waals surface area contributed by atoms with Crippen LogP contribution in [-0.4, -0.2) is 26.6 Å². The Balaban J connectivity index is 1.94. The predicted octanol–water partition coefficient (Wildman–Crippen LogP) is 2.19. The van der Waals surface area contributed by atoms with E-state index in [1.165, 1.54) is 31.2 Å². The lowest BCUT2D eigenvalue weighted by molar-refractivity contribution is 0.137. The summed E-state index contributed by atoms with van der Waals surface area (Å²) in [4.78, 5) is 4.17. The molecule has 1 aromatic carbocycles. The molecule has 1 saturated carbocycles. The van der Waals surface area contributed by atoms with Gasteiger partial charge in [-0.2, -0.15) is 0 Å². The van der Waals surface area contributed by atoms with Gasteiger partial charge < -0.3 is 10.6 Å². The molecule has 0 saturated heterocycles. The van der Waals surface area contributed by atoms with Crippen LogP contribution >= 0.6 is 0 Å². The predicted molar refractivity (Wildman–Crippen MR) is 76.9 cm³/mol. The molecule has 3 heteroatoms. The molecule has 0 unspecified atom stereocenters. The van der Waals surface area contributed by atoms with Crippen LogP contribution in [0.3, 0.4) is 0 Å². The summed E-state index contributed by atoms with van der Waals surface area (Å²) >= 11 is 0. The van der Waals surface area contributed by atoms with Gasteiger partial charge in [-0.1, -0.05) is 36.8 Å². The van der Waals surface area contributed by atoms with Gasteiger partial charge in [-0.3, -0.25) is 4.99 Å². The lowest BCUT2D eigenvalue weighted by Gasteiger charge is -2.42. The molecule has 2 N–H and O–H groups in total. The van der Waals surface area contributed by atoms with Crippen LogP contribution in [0, 0.1) is 5.41 Å². The van der Waals surface area contributed by atoms with Crippen molar-refractivity contribution >= 4 is 5.96 Å². The molecule has 1 aliphatic carbocycles. The topological polar surface area (TPSA) is 36.4 Å². The maximum Gasteiger partial charge on any atom is 0.190 e. The van der Waals surface area contributed by atoms with E-state index in [9.17, 15) is 0 Å². The third-order valence-corrected chi connectivity index (χ3v) is 3.93. The first-order valence-electron chi connectivity index (χ1n) is 6.70. The van der Waals surface area contributed by atoms with Crippen LogP contribution in [-0.2, 0) is 6.42 Å². The van der Waals surface area contributed by atoms with Gasteiger partial charge in [0, 0.05) is 20.6 Å². The second kappa shape index (κ2) is 5.89. The maximum absolute atomic E-state index is 4.17. The molecule has 0 spiro atoms. The smallest absolute Gasteiger partial charge is 0.190 e. The summed E-state index contributed by atoms with van der Waals surface area (Å²) in [6, 6.07) is 10.8. The molecule has 3 nitrogen and oxygen atoms in total. The van der Waals surface area contributed by atoms with E-state index in [0.29, 0.717) is 5.41 Å². The van der Waals surface area contributed by atoms with Gasteiger partial charge in [-0.15, -0.1) is 0 Å². The number of nitrogens with zero attached hydrogens (tertiary/aromatic N) is 1. The lowest BCUT2D eigenvalue weighted by Crippen LogP contribution is -2.46. The Hall–Kier alpha value is -1.51. The van der Waals surface area contributed by atoms with Crippen LogP contribution in [0.2, 0.25) is 0 Å². The van der Waals surface area contributed by atoms with Gasteiger partial charge >= 0.3 is 0 Å². The summed E-state index contributed by atoms with van der Waals surface area (Å²) in [7, 11) is 3.71. The van der Waals surface area contributed by atoms with Crippen molar-refractivity contribution in [2.45, 2.75) is 25.7 Å². The number of aliphatic imine (C=N–C) groups is 1. The lowest BCUT2D eigenvalue weighted by atomic mass is 9.65. The molecule has 2 rings (SSSR count). The van der Waals surface area contributed by atoms with Crippen molar-refractivity contribution in [1.29, 1.82) is 0 Å². The number of hydrogen-bond acceptors (Lipinski definition) is 1. The van der Waals surface area contributed by atoms with E-state index in [4.69, 9.17) is 0 Å². The molecule has 0 atom stereocenters. The van der Waals surface area contributed by atoms with Crippen molar-refractivity contribution in [3.8, 4) is 0 Å². The van der Waals surface area contributed by atoms with Crippen molar-refractivity contribution in [3.63, 3.8) is 0 Å². The molecule has 1 fully saturated rings. The Morgan fingerprint density at radius 3 is 2.50 bits per heavy atom. The van der Waals surface area contributed by atoms with Crippen molar-refractivity contribution in [2.24, 2.45) is 10.4 Å². The van der Waals surface area contributed by atoms with Gasteiger partial charge in [-0.25, -0.2) is 0 Å². The Morgan fingerprint density at radius 2 is 2.00 bits per heavy atom. The van der Waals surface area contributed by atoms with Crippen LogP contribution in [0.5, 0.6) is 0 Å². The third kappa shape index (κ3) is 3.03. The van der Waals surface area contributed by atoms with E-state index in [-0.39, 0.29) is 0 Å². The van der Waals surface area contributed by atoms with Gasteiger partial charge in [-0.05, 0) is 30.2 Å². The Labute approximate surface area is 110 Å². The first-order valence-corrected chi connectivity index (χ1v) is 6.70. The van der Waals surface area contributed by atoms with E-state index in [1.54, 1.807) is 0 Å². The largest absolute Gasteiger partial charge is 0.359 e. The van der Waals surface area contributed by atoms with E-state index in [2.05, 4.69) is 46.0 Å². The maximum atomic E-state index is 4.17. The van der Waals surface area contributed by atoms with Gasteiger partial charge in [0.15, 0.2) is 5.96 Å². The minimum atomic E-state index is 0.425. The molecule has 0 heterocycles.